The van der Waals surface area contributed by atoms with Crippen LogP contribution in [0.15, 0.2) is 15.9 Å². The van der Waals surface area contributed by atoms with Gasteiger partial charge in [0.15, 0.2) is 0 Å². The highest BCUT2D eigenvalue weighted by Gasteiger charge is 2.24. The molecule has 0 spiro atoms. The van der Waals surface area contributed by atoms with Gasteiger partial charge in [0, 0.05) is 11.9 Å². The monoisotopic (exact) mass is 302 g/mol. The second-order valence-electron chi connectivity index (χ2n) is 4.05. The number of carbonyl (C=O) groups excluding carboxylic acids is 1. The van der Waals surface area contributed by atoms with Crippen molar-refractivity contribution in [3.63, 3.8) is 0 Å². The molecule has 0 aliphatic carbocycles. The standard InChI is InChI=1S/C11H15BrN2OS/c1-14(7-8-4-5-10(12)16-8)11(15)9-3-2-6-13-9/h4-5,9,13H,2-3,6-7H2,1H3. The SMILES string of the molecule is CN(Cc1ccc(Br)s1)C(=O)C1CCCN1. The predicted molar refractivity (Wildman–Crippen MR) is 69.5 cm³/mol. The van der Waals surface area contributed by atoms with E-state index in [9.17, 15) is 4.79 Å². The second kappa shape index (κ2) is 5.29. The molecule has 1 unspecified atom stereocenters. The topological polar surface area (TPSA) is 32.3 Å². The van der Waals surface area contributed by atoms with Gasteiger partial charge >= 0.3 is 0 Å². The average Bonchev–Trinajstić information content (AvgIpc) is 2.88. The zero-order chi connectivity index (χ0) is 11.5. The van der Waals surface area contributed by atoms with E-state index in [0.717, 1.165) is 23.2 Å². The van der Waals surface area contributed by atoms with Crippen LogP contribution in [0.25, 0.3) is 0 Å². The van der Waals surface area contributed by atoms with E-state index in [0.29, 0.717) is 6.54 Å². The van der Waals surface area contributed by atoms with Crippen molar-refractivity contribution in [2.45, 2.75) is 25.4 Å². The minimum absolute atomic E-state index is 0.0356. The summed E-state index contributed by atoms with van der Waals surface area (Å²) in [6.45, 7) is 1.67. The van der Waals surface area contributed by atoms with Gasteiger partial charge in [0.05, 0.1) is 16.4 Å². The van der Waals surface area contributed by atoms with Gasteiger partial charge < -0.3 is 10.2 Å². The second-order valence-corrected chi connectivity index (χ2v) is 6.60. The lowest BCUT2D eigenvalue weighted by Gasteiger charge is -2.20. The van der Waals surface area contributed by atoms with Crippen molar-refractivity contribution < 1.29 is 4.79 Å². The van der Waals surface area contributed by atoms with Gasteiger partial charge in [-0.15, -0.1) is 11.3 Å². The van der Waals surface area contributed by atoms with Gasteiger partial charge in [-0.05, 0) is 47.4 Å². The smallest absolute Gasteiger partial charge is 0.239 e. The Labute approximate surface area is 108 Å². The summed E-state index contributed by atoms with van der Waals surface area (Å²) in [5.41, 5.74) is 0. The van der Waals surface area contributed by atoms with Crippen LogP contribution in [0.4, 0.5) is 0 Å². The lowest BCUT2D eigenvalue weighted by molar-refractivity contribution is -0.132. The van der Waals surface area contributed by atoms with Crippen molar-refractivity contribution in [3.8, 4) is 0 Å². The molecule has 0 bridgehead atoms. The van der Waals surface area contributed by atoms with Gasteiger partial charge in [0.25, 0.3) is 0 Å². The highest BCUT2D eigenvalue weighted by atomic mass is 79.9. The van der Waals surface area contributed by atoms with Crippen LogP contribution < -0.4 is 5.32 Å². The van der Waals surface area contributed by atoms with E-state index in [2.05, 4.69) is 27.3 Å². The molecule has 2 rings (SSSR count). The number of nitrogens with one attached hydrogen (secondary N) is 1. The van der Waals surface area contributed by atoms with Crippen LogP contribution >= 0.6 is 27.3 Å². The van der Waals surface area contributed by atoms with Gasteiger partial charge in [-0.2, -0.15) is 0 Å². The molecule has 0 radical (unpaired) electrons. The maximum Gasteiger partial charge on any atom is 0.239 e. The van der Waals surface area contributed by atoms with Crippen molar-refractivity contribution in [2.75, 3.05) is 13.6 Å². The third-order valence-electron chi connectivity index (χ3n) is 2.76. The Bertz CT molecular complexity index is 374. The Morgan fingerprint density at radius 1 is 1.69 bits per heavy atom. The number of likely N-dealkylation sites (N-methyl/N-ethyl adjacent to an activating group) is 1. The first-order valence-corrected chi connectivity index (χ1v) is 7.00. The molecule has 5 heteroatoms. The highest BCUT2D eigenvalue weighted by molar-refractivity contribution is 9.11. The molecule has 1 atom stereocenters. The van der Waals surface area contributed by atoms with E-state index in [1.54, 1.807) is 16.2 Å². The van der Waals surface area contributed by atoms with E-state index in [-0.39, 0.29) is 11.9 Å². The fourth-order valence-electron chi connectivity index (χ4n) is 1.91. The van der Waals surface area contributed by atoms with E-state index in [1.807, 2.05) is 13.1 Å². The Kier molecular flexibility index (Phi) is 4.00. The Hall–Kier alpha value is -0.390. The van der Waals surface area contributed by atoms with Crippen molar-refractivity contribution >= 4 is 33.2 Å². The minimum atomic E-state index is 0.0356. The van der Waals surface area contributed by atoms with Crippen LogP contribution in [0.3, 0.4) is 0 Å². The number of rotatable bonds is 3. The summed E-state index contributed by atoms with van der Waals surface area (Å²) >= 11 is 5.11. The molecule has 1 saturated heterocycles. The molecule has 1 aliphatic heterocycles. The molecular formula is C11H15BrN2OS. The molecule has 1 aliphatic rings. The molecular weight excluding hydrogens is 288 g/mol. The maximum atomic E-state index is 12.0. The number of nitrogens with zero attached hydrogens (tertiary/aromatic N) is 1. The molecule has 1 N–H and O–H groups in total. The lowest BCUT2D eigenvalue weighted by atomic mass is 10.2. The summed E-state index contributed by atoms with van der Waals surface area (Å²) in [5.74, 6) is 0.210. The molecule has 88 valence electrons. The van der Waals surface area contributed by atoms with Crippen LogP contribution in [0, 0.1) is 0 Å². The summed E-state index contributed by atoms with van der Waals surface area (Å²) in [5, 5.41) is 3.23. The van der Waals surface area contributed by atoms with Crippen LogP contribution in [0.2, 0.25) is 0 Å². The minimum Gasteiger partial charge on any atom is -0.339 e. The summed E-state index contributed by atoms with van der Waals surface area (Å²) in [6.07, 6.45) is 2.08. The zero-order valence-electron chi connectivity index (χ0n) is 9.20. The summed E-state index contributed by atoms with van der Waals surface area (Å²) in [6, 6.07) is 4.11. The number of halogens is 1. The molecule has 1 aromatic rings. The molecule has 1 aromatic heterocycles. The lowest BCUT2D eigenvalue weighted by Crippen LogP contribution is -2.41. The van der Waals surface area contributed by atoms with Gasteiger partial charge in [0.2, 0.25) is 5.91 Å². The fraction of sp³-hybridized carbons (Fsp3) is 0.545. The first kappa shape index (κ1) is 12.1. The number of thiophene rings is 1. The molecule has 0 saturated carbocycles. The molecule has 2 heterocycles. The number of amides is 1. The van der Waals surface area contributed by atoms with Crippen molar-refractivity contribution in [3.05, 3.63) is 20.8 Å². The van der Waals surface area contributed by atoms with Crippen molar-refractivity contribution in [1.29, 1.82) is 0 Å². The number of hydrogen-bond acceptors (Lipinski definition) is 3. The predicted octanol–water partition coefficient (Wildman–Crippen LogP) is 2.22. The molecule has 1 fully saturated rings. The molecule has 1 amide bonds. The Balaban J connectivity index is 1.91. The van der Waals surface area contributed by atoms with Crippen LogP contribution in [0.1, 0.15) is 17.7 Å². The third kappa shape index (κ3) is 2.84. The van der Waals surface area contributed by atoms with Gasteiger partial charge in [-0.3, -0.25) is 4.79 Å². The van der Waals surface area contributed by atoms with Gasteiger partial charge in [-0.1, -0.05) is 0 Å². The number of carbonyl (C=O) groups is 1. The summed E-state index contributed by atoms with van der Waals surface area (Å²) < 4.78 is 1.11. The van der Waals surface area contributed by atoms with E-state index in [4.69, 9.17) is 0 Å². The Morgan fingerprint density at radius 2 is 2.50 bits per heavy atom. The van der Waals surface area contributed by atoms with Crippen LogP contribution in [-0.4, -0.2) is 30.4 Å². The first-order valence-electron chi connectivity index (χ1n) is 5.39. The third-order valence-corrected chi connectivity index (χ3v) is 4.36. The van der Waals surface area contributed by atoms with Gasteiger partial charge in [0.1, 0.15) is 0 Å². The normalized spacial score (nSPS) is 20.0. The van der Waals surface area contributed by atoms with E-state index >= 15 is 0 Å². The zero-order valence-corrected chi connectivity index (χ0v) is 11.6. The summed E-state index contributed by atoms with van der Waals surface area (Å²) in [4.78, 5) is 15.0. The molecule has 0 aromatic carbocycles. The first-order chi connectivity index (χ1) is 7.66. The van der Waals surface area contributed by atoms with Crippen LogP contribution in [-0.2, 0) is 11.3 Å². The average molecular weight is 303 g/mol. The fourth-order valence-corrected chi connectivity index (χ4v) is 3.45. The van der Waals surface area contributed by atoms with Crippen molar-refractivity contribution in [2.24, 2.45) is 0 Å². The number of hydrogen-bond donors (Lipinski definition) is 1. The van der Waals surface area contributed by atoms with Gasteiger partial charge in [-0.25, -0.2) is 0 Å². The highest BCUT2D eigenvalue weighted by Crippen LogP contribution is 2.23. The van der Waals surface area contributed by atoms with E-state index < -0.39 is 0 Å². The van der Waals surface area contributed by atoms with E-state index in [1.165, 1.54) is 4.88 Å². The van der Waals surface area contributed by atoms with Crippen molar-refractivity contribution in [1.82, 2.24) is 10.2 Å². The quantitative estimate of drug-likeness (QED) is 0.928. The summed E-state index contributed by atoms with van der Waals surface area (Å²) in [7, 11) is 1.87. The molecule has 16 heavy (non-hydrogen) atoms. The van der Waals surface area contributed by atoms with Crippen LogP contribution in [0.5, 0.6) is 0 Å². The Morgan fingerprint density at radius 3 is 3.06 bits per heavy atom. The molecule has 3 nitrogen and oxygen atoms in total. The maximum absolute atomic E-state index is 12.0. The largest absolute Gasteiger partial charge is 0.339 e.